The Labute approximate surface area is 242 Å². The molecule has 2 unspecified atom stereocenters. The van der Waals surface area contributed by atoms with Crippen LogP contribution in [0.1, 0.15) is 29.0 Å². The van der Waals surface area contributed by atoms with Gasteiger partial charge >= 0.3 is 0 Å². The van der Waals surface area contributed by atoms with Crippen molar-refractivity contribution in [3.63, 3.8) is 0 Å². The highest BCUT2D eigenvalue weighted by molar-refractivity contribution is 7.80. The summed E-state index contributed by atoms with van der Waals surface area (Å²) >= 11 is 18.8. The molecule has 1 fully saturated rings. The summed E-state index contributed by atoms with van der Waals surface area (Å²) < 4.78 is 8.22. The van der Waals surface area contributed by atoms with Crippen LogP contribution in [0.2, 0.25) is 10.0 Å². The largest absolute Gasteiger partial charge is 0.457 e. The first-order chi connectivity index (χ1) is 19.0. The molecule has 0 spiro atoms. The van der Waals surface area contributed by atoms with Gasteiger partial charge in [-0.25, -0.2) is 0 Å². The summed E-state index contributed by atoms with van der Waals surface area (Å²) in [6.45, 7) is 2.03. The lowest BCUT2D eigenvalue weighted by Crippen LogP contribution is -2.30. The Balaban J connectivity index is 1.41. The molecule has 1 aliphatic heterocycles. The molecule has 39 heavy (non-hydrogen) atoms. The van der Waals surface area contributed by atoms with Crippen LogP contribution in [0.15, 0.2) is 109 Å². The molecule has 194 valence electrons. The Morgan fingerprint density at radius 3 is 2.44 bits per heavy atom. The number of hydrogen-bond acceptors (Lipinski definition) is 3. The van der Waals surface area contributed by atoms with Crippen LogP contribution in [-0.2, 0) is 0 Å². The van der Waals surface area contributed by atoms with Crippen molar-refractivity contribution >= 4 is 46.2 Å². The number of halogens is 2. The van der Waals surface area contributed by atoms with Gasteiger partial charge in [0.1, 0.15) is 17.5 Å². The molecule has 0 radical (unpaired) electrons. The van der Waals surface area contributed by atoms with Gasteiger partial charge in [0.2, 0.25) is 0 Å². The van der Waals surface area contributed by atoms with E-state index in [-0.39, 0.29) is 12.1 Å². The minimum atomic E-state index is -0.211. The lowest BCUT2D eigenvalue weighted by molar-refractivity contribution is 0.479. The molecule has 0 aliphatic carbocycles. The average Bonchev–Trinajstić information content (AvgIpc) is 3.55. The highest BCUT2D eigenvalue weighted by Gasteiger charge is 2.42. The summed E-state index contributed by atoms with van der Waals surface area (Å²) in [6.07, 6.45) is 3.80. The van der Waals surface area contributed by atoms with Crippen molar-refractivity contribution in [1.29, 1.82) is 0 Å². The molecule has 0 amide bonds. The van der Waals surface area contributed by atoms with Gasteiger partial charge in [0.25, 0.3) is 0 Å². The molecule has 3 aromatic carbocycles. The molecule has 8 heteroatoms. The van der Waals surface area contributed by atoms with Gasteiger partial charge in [-0.1, -0.05) is 47.5 Å². The van der Waals surface area contributed by atoms with Crippen LogP contribution in [0.5, 0.6) is 11.5 Å². The molecule has 0 saturated carbocycles. The molecule has 5 nitrogen and oxygen atoms in total. The zero-order valence-corrected chi connectivity index (χ0v) is 23.3. The zero-order chi connectivity index (χ0) is 26.9. The highest BCUT2D eigenvalue weighted by atomic mass is 35.5. The van der Waals surface area contributed by atoms with E-state index in [9.17, 15) is 0 Å². The molecular weight excluding hydrogens is 547 g/mol. The Morgan fingerprint density at radius 1 is 0.897 bits per heavy atom. The van der Waals surface area contributed by atoms with Gasteiger partial charge in [-0.15, -0.1) is 0 Å². The maximum absolute atomic E-state index is 6.64. The van der Waals surface area contributed by atoms with Gasteiger partial charge in [-0.3, -0.25) is 4.98 Å². The Hall–Kier alpha value is -3.84. The molecule has 3 heterocycles. The van der Waals surface area contributed by atoms with Crippen LogP contribution in [0.3, 0.4) is 0 Å². The molecule has 1 N–H and O–H groups in total. The first-order valence-corrected chi connectivity index (χ1v) is 13.6. The number of pyridine rings is 1. The summed E-state index contributed by atoms with van der Waals surface area (Å²) in [4.78, 5) is 6.79. The van der Waals surface area contributed by atoms with Crippen molar-refractivity contribution in [2.75, 3.05) is 4.90 Å². The first-order valence-electron chi connectivity index (χ1n) is 12.5. The van der Waals surface area contributed by atoms with Crippen LogP contribution >= 0.6 is 35.4 Å². The zero-order valence-electron chi connectivity index (χ0n) is 21.0. The molecule has 0 bridgehead atoms. The lowest BCUT2D eigenvalue weighted by atomic mass is 10.0. The summed E-state index contributed by atoms with van der Waals surface area (Å²) in [5, 5.41) is 5.27. The molecule has 1 aliphatic rings. The number of aryl methyl sites for hydroxylation is 1. The van der Waals surface area contributed by atoms with E-state index in [2.05, 4.69) is 25.8 Å². The predicted octanol–water partition coefficient (Wildman–Crippen LogP) is 8.46. The van der Waals surface area contributed by atoms with Crippen molar-refractivity contribution in [3.8, 4) is 17.2 Å². The third kappa shape index (κ3) is 4.99. The van der Waals surface area contributed by atoms with E-state index in [1.165, 1.54) is 0 Å². The number of thiocarbonyl (C=S) groups is 1. The monoisotopic (exact) mass is 570 g/mol. The number of rotatable bonds is 6. The number of nitrogens with one attached hydrogen (secondary N) is 1. The predicted molar refractivity (Wildman–Crippen MR) is 161 cm³/mol. The van der Waals surface area contributed by atoms with Crippen molar-refractivity contribution in [2.45, 2.75) is 19.0 Å². The third-order valence-corrected chi connectivity index (χ3v) is 7.64. The van der Waals surface area contributed by atoms with Crippen molar-refractivity contribution in [2.24, 2.45) is 0 Å². The van der Waals surface area contributed by atoms with Crippen LogP contribution in [0, 0.1) is 6.92 Å². The second kappa shape index (κ2) is 10.7. The fourth-order valence-corrected chi connectivity index (χ4v) is 5.78. The van der Waals surface area contributed by atoms with Crippen molar-refractivity contribution in [1.82, 2.24) is 14.9 Å². The minimum Gasteiger partial charge on any atom is -0.457 e. The summed E-state index contributed by atoms with van der Waals surface area (Å²) in [5.74, 6) is 1.58. The van der Waals surface area contributed by atoms with Crippen LogP contribution in [-0.4, -0.2) is 14.7 Å². The maximum atomic E-state index is 6.64. The smallest absolute Gasteiger partial charge is 0.174 e. The quantitative estimate of drug-likeness (QED) is 0.207. The normalized spacial score (nSPS) is 16.8. The van der Waals surface area contributed by atoms with Crippen LogP contribution in [0.25, 0.3) is 5.69 Å². The lowest BCUT2D eigenvalue weighted by Gasteiger charge is -2.29. The molecule has 2 atom stereocenters. The standard InChI is InChI=1S/C31H24Cl2N4OS/c1-20-7-2-3-10-28(20)38-23-14-12-22(13-15-23)37-30(29(35-31(37)39)25-8-4-5-17-34-25)27-9-6-18-36(27)26-16-11-21(32)19-24(26)33/h2-19,29-30H,1H3,(H,35,39). The fraction of sp³-hybridized carbons (Fsp3) is 0.0968. The highest BCUT2D eigenvalue weighted by Crippen LogP contribution is 2.43. The van der Waals surface area contributed by atoms with E-state index in [4.69, 9.17) is 40.2 Å². The van der Waals surface area contributed by atoms with E-state index in [1.54, 1.807) is 12.3 Å². The number of para-hydroxylation sites is 1. The molecule has 1 saturated heterocycles. The van der Waals surface area contributed by atoms with Gasteiger partial charge < -0.3 is 19.5 Å². The van der Waals surface area contributed by atoms with Crippen molar-refractivity contribution < 1.29 is 4.74 Å². The van der Waals surface area contributed by atoms with Crippen LogP contribution < -0.4 is 15.0 Å². The Bertz CT molecular complexity index is 1640. The second-order valence-corrected chi connectivity index (χ2v) is 10.5. The fourth-order valence-electron chi connectivity index (χ4n) is 4.94. The number of ether oxygens (including phenoxy) is 1. The number of hydrogen-bond donors (Lipinski definition) is 1. The number of benzene rings is 3. The van der Waals surface area contributed by atoms with E-state index in [0.29, 0.717) is 15.2 Å². The number of aromatic nitrogens is 2. The van der Waals surface area contributed by atoms with E-state index < -0.39 is 0 Å². The SMILES string of the molecule is Cc1ccccc1Oc1ccc(N2C(=S)NC(c3ccccn3)C2c2cccn2-c2ccc(Cl)cc2Cl)cc1. The Kier molecular flexibility index (Phi) is 7.00. The van der Waals surface area contributed by atoms with Gasteiger partial charge in [0.05, 0.1) is 22.4 Å². The van der Waals surface area contributed by atoms with Gasteiger partial charge in [-0.05, 0) is 97.5 Å². The topological polar surface area (TPSA) is 42.3 Å². The summed E-state index contributed by atoms with van der Waals surface area (Å²) in [5.41, 5.74) is 4.74. The third-order valence-electron chi connectivity index (χ3n) is 6.79. The first kappa shape index (κ1) is 25.4. The van der Waals surface area contributed by atoms with E-state index in [0.717, 1.165) is 39.8 Å². The van der Waals surface area contributed by atoms with E-state index in [1.807, 2.05) is 98.0 Å². The number of nitrogens with zero attached hydrogens (tertiary/aromatic N) is 3. The maximum Gasteiger partial charge on any atom is 0.174 e. The Morgan fingerprint density at radius 2 is 1.69 bits per heavy atom. The minimum absolute atomic E-state index is 0.193. The average molecular weight is 572 g/mol. The molecule has 2 aromatic heterocycles. The van der Waals surface area contributed by atoms with Crippen LogP contribution in [0.4, 0.5) is 5.69 Å². The van der Waals surface area contributed by atoms with E-state index >= 15 is 0 Å². The molecule has 5 aromatic rings. The van der Waals surface area contributed by atoms with Crippen molar-refractivity contribution in [3.05, 3.63) is 136 Å². The number of anilines is 1. The molecular formula is C31H24Cl2N4OS. The summed E-state index contributed by atoms with van der Waals surface area (Å²) in [7, 11) is 0. The van der Waals surface area contributed by atoms with Gasteiger partial charge in [-0.2, -0.15) is 0 Å². The summed E-state index contributed by atoms with van der Waals surface area (Å²) in [6, 6.07) is 31.0. The molecule has 6 rings (SSSR count). The van der Waals surface area contributed by atoms with Gasteiger partial charge in [0, 0.05) is 28.8 Å². The second-order valence-electron chi connectivity index (χ2n) is 9.26. The van der Waals surface area contributed by atoms with Gasteiger partial charge in [0.15, 0.2) is 5.11 Å².